The van der Waals surface area contributed by atoms with Gasteiger partial charge in [0.05, 0.1) is 28.5 Å². The highest BCUT2D eigenvalue weighted by molar-refractivity contribution is 7.68. The summed E-state index contributed by atoms with van der Waals surface area (Å²) in [6.07, 6.45) is 0.909. The zero-order valence-corrected chi connectivity index (χ0v) is 30.2. The molecule has 0 saturated heterocycles. The van der Waals surface area contributed by atoms with Gasteiger partial charge in [-0.2, -0.15) is 0 Å². The van der Waals surface area contributed by atoms with E-state index in [1.165, 1.54) is 0 Å². The number of para-hydroxylation sites is 2. The number of ether oxygens (including phenoxy) is 3. The molecule has 0 N–H and O–H groups in total. The Balaban J connectivity index is 1.11. The number of hydrogen-bond acceptors (Lipinski definition) is 10. The van der Waals surface area contributed by atoms with Crippen molar-refractivity contribution in [1.82, 2.24) is 15.0 Å². The Labute approximate surface area is 292 Å². The molecule has 5 unspecified atom stereocenters. The number of fused-ring (bicyclic) bond motifs is 6. The molecular weight excluding hydrogens is 672 g/mol. The molecule has 258 valence electrons. The highest BCUT2D eigenvalue weighted by Crippen LogP contribution is 2.58. The zero-order chi connectivity index (χ0) is 34.9. The van der Waals surface area contributed by atoms with Crippen molar-refractivity contribution in [2.75, 3.05) is 19.8 Å². The minimum Gasteiger partial charge on any atom is -0.463 e. The fourth-order valence-electron chi connectivity index (χ4n) is 5.96. The average molecular weight is 712 g/mol. The molecule has 2 aliphatic heterocycles. The Hall–Kier alpha value is -4.65. The van der Waals surface area contributed by atoms with E-state index >= 15 is 0 Å². The van der Waals surface area contributed by atoms with Crippen molar-refractivity contribution < 1.29 is 32.4 Å². The molecule has 7 rings (SSSR count). The number of aromatic nitrogens is 3. The monoisotopic (exact) mass is 711 g/mol. The third kappa shape index (κ3) is 6.38. The quantitative estimate of drug-likeness (QED) is 0.117. The maximum atomic E-state index is 14.6. The topological polar surface area (TPSA) is 119 Å². The molecule has 12 heteroatoms. The summed E-state index contributed by atoms with van der Waals surface area (Å²) in [6, 6.07) is 30.3. The van der Waals surface area contributed by atoms with Gasteiger partial charge in [0.15, 0.2) is 0 Å². The first-order valence-electron chi connectivity index (χ1n) is 16.8. The van der Waals surface area contributed by atoms with Gasteiger partial charge < -0.3 is 23.3 Å². The van der Waals surface area contributed by atoms with Crippen molar-refractivity contribution in [2.45, 2.75) is 45.4 Å². The van der Waals surface area contributed by atoms with Crippen LogP contribution in [0.5, 0.6) is 29.5 Å². The van der Waals surface area contributed by atoms with Crippen molar-refractivity contribution in [2.24, 2.45) is 5.92 Å². The van der Waals surface area contributed by atoms with Gasteiger partial charge in [0.1, 0.15) is 24.7 Å². The Kier molecular flexibility index (Phi) is 9.42. The van der Waals surface area contributed by atoms with E-state index < -0.39 is 26.1 Å². The number of benzene rings is 4. The van der Waals surface area contributed by atoms with Crippen LogP contribution in [-0.4, -0.2) is 46.1 Å². The lowest BCUT2D eigenvalue weighted by molar-refractivity contribution is 0.213. The van der Waals surface area contributed by atoms with E-state index in [9.17, 15) is 9.13 Å². The maximum Gasteiger partial charge on any atom is 0.325 e. The van der Waals surface area contributed by atoms with Gasteiger partial charge in [-0.05, 0) is 55.2 Å². The molecule has 1 aromatic heterocycles. The molecule has 5 aromatic rings. The predicted octanol–water partition coefficient (Wildman–Crippen LogP) is 8.16. The molecule has 10 nitrogen and oxygen atoms in total. The van der Waals surface area contributed by atoms with E-state index in [2.05, 4.69) is 28.8 Å². The number of rotatable bonds is 12. The van der Waals surface area contributed by atoms with Gasteiger partial charge >= 0.3 is 18.0 Å². The molecule has 0 amide bonds. The van der Waals surface area contributed by atoms with Crippen LogP contribution in [0.4, 0.5) is 0 Å². The van der Waals surface area contributed by atoms with Crippen molar-refractivity contribution >= 4 is 25.3 Å². The zero-order valence-electron chi connectivity index (χ0n) is 28.4. The predicted molar refractivity (Wildman–Crippen MR) is 194 cm³/mol. The highest BCUT2D eigenvalue weighted by atomic mass is 31.2. The summed E-state index contributed by atoms with van der Waals surface area (Å²) in [4.78, 5) is 13.2. The molecular formula is C38H39N3O7P2. The summed E-state index contributed by atoms with van der Waals surface area (Å²) in [6.45, 7) is 8.13. The van der Waals surface area contributed by atoms with Gasteiger partial charge in [0.2, 0.25) is 0 Å². The van der Waals surface area contributed by atoms with E-state index in [1.54, 1.807) is 0 Å². The molecule has 0 radical (unpaired) electrons. The van der Waals surface area contributed by atoms with Gasteiger partial charge in [-0.1, -0.05) is 93.1 Å². The smallest absolute Gasteiger partial charge is 0.325 e. The third-order valence-electron chi connectivity index (χ3n) is 9.14. The lowest BCUT2D eigenvalue weighted by Crippen LogP contribution is -2.29. The Bertz CT molecular complexity index is 1990. The van der Waals surface area contributed by atoms with Gasteiger partial charge in [0.25, 0.3) is 14.7 Å². The van der Waals surface area contributed by atoms with E-state index in [0.29, 0.717) is 28.7 Å². The summed E-state index contributed by atoms with van der Waals surface area (Å²) in [7, 11) is -6.84. The van der Waals surface area contributed by atoms with Crippen molar-refractivity contribution in [3.8, 4) is 51.8 Å². The second kappa shape index (κ2) is 13.9. The SMILES string of the molecule is CCC(C)COc1nc(OCC(C)P2(=O)Oc3ccccc3-c3ccccc32)nc(OCC(C)P2(=O)Oc3ccccc3-c3ccccc32)n1. The number of hydrogen-bond donors (Lipinski definition) is 0. The van der Waals surface area contributed by atoms with Crippen LogP contribution in [0.2, 0.25) is 0 Å². The van der Waals surface area contributed by atoms with Crippen LogP contribution in [0.25, 0.3) is 22.3 Å². The van der Waals surface area contributed by atoms with Crippen LogP contribution < -0.4 is 33.9 Å². The molecule has 0 bridgehead atoms. The second-order valence-electron chi connectivity index (χ2n) is 12.7. The van der Waals surface area contributed by atoms with E-state index in [-0.39, 0.29) is 37.2 Å². The van der Waals surface area contributed by atoms with Gasteiger partial charge in [0, 0.05) is 11.1 Å². The summed E-state index contributed by atoms with van der Waals surface area (Å²) in [5.74, 6) is 1.40. The van der Waals surface area contributed by atoms with Crippen LogP contribution in [0.15, 0.2) is 97.1 Å². The molecule has 0 aliphatic carbocycles. The van der Waals surface area contributed by atoms with Crippen molar-refractivity contribution in [1.29, 1.82) is 0 Å². The van der Waals surface area contributed by atoms with E-state index in [4.69, 9.17) is 23.3 Å². The molecule has 50 heavy (non-hydrogen) atoms. The van der Waals surface area contributed by atoms with E-state index in [0.717, 1.165) is 28.7 Å². The van der Waals surface area contributed by atoms with Crippen molar-refractivity contribution in [3.63, 3.8) is 0 Å². The van der Waals surface area contributed by atoms with Crippen LogP contribution in [-0.2, 0) is 9.13 Å². The van der Waals surface area contributed by atoms with E-state index in [1.807, 2.05) is 111 Å². The first kappa shape index (κ1) is 33.8. The fraction of sp³-hybridized carbons (Fsp3) is 0.289. The molecule has 2 aliphatic rings. The van der Waals surface area contributed by atoms with Crippen LogP contribution in [0.3, 0.4) is 0 Å². The molecule has 0 saturated carbocycles. The standard InChI is InChI=1S/C38H39N3O7P2/c1-5-25(2)22-44-36-39-37(45-23-26(3)49(42)34-20-12-8-16-30(34)28-14-6-10-18-32(28)47-49)41-38(40-36)46-24-27(4)50(43)35-21-13-9-17-31(35)29-15-7-11-19-33(29)48-50/h6-21,25-27H,5,22-24H2,1-4H3. The fourth-order valence-corrected chi connectivity index (χ4v) is 10.6. The normalized spacial score (nSPS) is 20.3. The minimum atomic E-state index is -3.42. The van der Waals surface area contributed by atoms with Gasteiger partial charge in [-0.25, -0.2) is 0 Å². The summed E-state index contributed by atoms with van der Waals surface area (Å²) >= 11 is 0. The summed E-state index contributed by atoms with van der Waals surface area (Å²) < 4.78 is 59.7. The largest absolute Gasteiger partial charge is 0.463 e. The highest BCUT2D eigenvalue weighted by Gasteiger charge is 2.42. The Morgan fingerprint density at radius 1 is 0.540 bits per heavy atom. The van der Waals surface area contributed by atoms with Gasteiger partial charge in [-0.15, -0.1) is 15.0 Å². The lowest BCUT2D eigenvalue weighted by atomic mass is 10.0. The average Bonchev–Trinajstić information content (AvgIpc) is 3.15. The molecule has 5 atom stereocenters. The lowest BCUT2D eigenvalue weighted by Gasteiger charge is -2.32. The number of nitrogens with zero attached hydrogens (tertiary/aromatic N) is 3. The van der Waals surface area contributed by atoms with Crippen LogP contribution in [0.1, 0.15) is 34.1 Å². The first-order valence-corrected chi connectivity index (χ1v) is 20.2. The van der Waals surface area contributed by atoms with Crippen molar-refractivity contribution in [3.05, 3.63) is 97.1 Å². The summed E-state index contributed by atoms with van der Waals surface area (Å²) in [5, 5.41) is 1.29. The van der Waals surface area contributed by atoms with Crippen LogP contribution >= 0.6 is 14.7 Å². The molecule has 0 spiro atoms. The minimum absolute atomic E-state index is 0.0162. The van der Waals surface area contributed by atoms with Crippen LogP contribution in [0, 0.1) is 5.92 Å². The Morgan fingerprint density at radius 3 is 1.32 bits per heavy atom. The first-order chi connectivity index (χ1) is 24.2. The molecule has 3 heterocycles. The molecule has 4 aromatic carbocycles. The molecule has 0 fully saturated rings. The van der Waals surface area contributed by atoms with Gasteiger partial charge in [-0.3, -0.25) is 9.13 Å². The third-order valence-corrected chi connectivity index (χ3v) is 14.8. The Morgan fingerprint density at radius 2 is 0.900 bits per heavy atom. The maximum absolute atomic E-state index is 14.6. The second-order valence-corrected chi connectivity index (χ2v) is 18.2. The summed E-state index contributed by atoms with van der Waals surface area (Å²) in [5.41, 5.74) is 2.43.